The van der Waals surface area contributed by atoms with E-state index in [9.17, 15) is 5.26 Å². The van der Waals surface area contributed by atoms with E-state index in [0.29, 0.717) is 11.8 Å². The predicted molar refractivity (Wildman–Crippen MR) is 277 cm³/mol. The Morgan fingerprint density at radius 3 is 2.10 bits per heavy atom. The van der Waals surface area contributed by atoms with Gasteiger partial charge >= 0.3 is 0 Å². The van der Waals surface area contributed by atoms with E-state index >= 15 is 0 Å². The number of hydrogen-bond donors (Lipinski definition) is 0. The van der Waals surface area contributed by atoms with Crippen molar-refractivity contribution in [3.63, 3.8) is 0 Å². The fourth-order valence-electron chi connectivity index (χ4n) is 17.0. The maximum atomic E-state index is 11.2. The van der Waals surface area contributed by atoms with Gasteiger partial charge in [0.25, 0.3) is 0 Å². The van der Waals surface area contributed by atoms with Crippen LogP contribution in [-0.2, 0) is 16.2 Å². The highest BCUT2D eigenvalue weighted by atomic mass is 16.3. The molecule has 4 heteroatoms. The van der Waals surface area contributed by atoms with Gasteiger partial charge < -0.3 is 13.2 Å². The summed E-state index contributed by atoms with van der Waals surface area (Å²) in [5.41, 5.74) is 18.4. The summed E-state index contributed by atoms with van der Waals surface area (Å²) in [6.07, 6.45) is 12.7. The zero-order chi connectivity index (χ0) is 44.4. The van der Waals surface area contributed by atoms with Crippen molar-refractivity contribution in [2.24, 2.45) is 11.8 Å². The molecule has 0 radical (unpaired) electrons. The summed E-state index contributed by atoms with van der Waals surface area (Å²) in [5, 5.41) is 27.1. The second-order valence-electron chi connectivity index (χ2n) is 24.4. The molecule has 5 heterocycles. The van der Waals surface area contributed by atoms with E-state index in [4.69, 9.17) is 4.42 Å². The van der Waals surface area contributed by atoms with Crippen LogP contribution >= 0.6 is 0 Å². The van der Waals surface area contributed by atoms with Crippen molar-refractivity contribution in [1.29, 1.82) is 5.26 Å². The van der Waals surface area contributed by atoms with Crippen molar-refractivity contribution >= 4 is 109 Å². The topological polar surface area (TPSA) is 45.8 Å². The normalized spacial score (nSPS) is 26.1. The minimum Gasteiger partial charge on any atom is -0.456 e. The van der Waals surface area contributed by atoms with E-state index < -0.39 is 0 Å². The first kappa shape index (κ1) is 36.8. The van der Waals surface area contributed by atoms with Crippen LogP contribution in [0.2, 0.25) is 0 Å². The molecule has 6 bridgehead atoms. The molecular formula is C63H53N3O. The third-order valence-corrected chi connectivity index (χ3v) is 19.8. The lowest BCUT2D eigenvalue weighted by molar-refractivity contribution is 0.166. The van der Waals surface area contributed by atoms with Gasteiger partial charge in [0.15, 0.2) is 0 Å². The fourth-order valence-corrected chi connectivity index (χ4v) is 17.0. The Morgan fingerprint density at radius 2 is 1.28 bits per heavy atom. The summed E-state index contributed by atoms with van der Waals surface area (Å²) >= 11 is 0. The molecule has 4 nitrogen and oxygen atoms in total. The van der Waals surface area contributed by atoms with Crippen LogP contribution in [0, 0.1) is 23.2 Å². The largest absolute Gasteiger partial charge is 0.456 e. The molecule has 67 heavy (non-hydrogen) atoms. The molecule has 19 rings (SSSR count). The van der Waals surface area contributed by atoms with Crippen LogP contribution in [0.1, 0.15) is 144 Å². The van der Waals surface area contributed by atoms with Crippen molar-refractivity contribution in [1.82, 2.24) is 8.80 Å². The molecule has 4 unspecified atom stereocenters. The number of nitriles is 1. The molecule has 4 atom stereocenters. The summed E-state index contributed by atoms with van der Waals surface area (Å²) in [6.45, 7) is 12.2. The van der Waals surface area contributed by atoms with Crippen molar-refractivity contribution in [2.45, 2.75) is 127 Å². The van der Waals surface area contributed by atoms with E-state index in [1.165, 1.54) is 179 Å². The standard InChI is InChI=1S/C63H53N3O/c1-61(2,3)37-11-12-38-33(24-37)25-41-40-27-47-42(28-46(40)66-48-26-36(30-64)51-34-20-31-19-32(21-34)23-35(22-31)52(51)57(48)55(38)59(41)66)56-54-39-9-6-7-10-49(39)67-50(54)29-43-53-45(65(47)60(43)56)14-13-44-58(53)63(5)16-8-15-62(44,4)17-18-63/h6-7,9-14,24-29,31-32,34-35H,8,15-23H2,1-5H3. The molecule has 7 aliphatic rings. The molecule has 3 fully saturated rings. The molecule has 7 aromatic carbocycles. The summed E-state index contributed by atoms with van der Waals surface area (Å²) in [7, 11) is 0. The molecule has 326 valence electrons. The second-order valence-corrected chi connectivity index (χ2v) is 24.4. The van der Waals surface area contributed by atoms with Crippen LogP contribution in [0.4, 0.5) is 0 Å². The zero-order valence-corrected chi connectivity index (χ0v) is 39.2. The van der Waals surface area contributed by atoms with E-state index in [1.807, 2.05) is 0 Å². The smallest absolute Gasteiger partial charge is 0.136 e. The maximum Gasteiger partial charge on any atom is 0.136 e. The number of furan rings is 1. The average Bonchev–Trinajstić information content (AvgIpc) is 4.04. The molecule has 0 amide bonds. The van der Waals surface area contributed by atoms with Gasteiger partial charge in [0, 0.05) is 53.9 Å². The molecule has 0 spiro atoms. The quantitative estimate of drug-likeness (QED) is 0.152. The van der Waals surface area contributed by atoms with E-state index in [-0.39, 0.29) is 16.2 Å². The van der Waals surface area contributed by atoms with Gasteiger partial charge in [0.1, 0.15) is 11.2 Å². The van der Waals surface area contributed by atoms with Crippen LogP contribution < -0.4 is 0 Å². The Morgan fingerprint density at radius 1 is 0.567 bits per heavy atom. The van der Waals surface area contributed by atoms with Crippen molar-refractivity contribution < 1.29 is 4.42 Å². The van der Waals surface area contributed by atoms with Crippen LogP contribution in [0.5, 0.6) is 0 Å². The number of nitrogens with zero attached hydrogens (tertiary/aromatic N) is 3. The SMILES string of the molecule is CC(C)(C)c1ccc2c(c1)cc1c3cc4c(cc3n3c5cc(C#N)c6c(c5c2c13)C1CC2CC(CC6C2)C1)c1c2c(cc3c5c6c(ccc5n4c31)C1(C)CCCC6(C)CC1)oc1ccccc12. The van der Waals surface area contributed by atoms with Crippen molar-refractivity contribution in [3.05, 3.63) is 118 Å². The van der Waals surface area contributed by atoms with Crippen LogP contribution in [0.3, 0.4) is 0 Å². The summed E-state index contributed by atoms with van der Waals surface area (Å²) < 4.78 is 12.2. The lowest BCUT2D eigenvalue weighted by atomic mass is 9.62. The zero-order valence-electron chi connectivity index (χ0n) is 39.2. The highest BCUT2D eigenvalue weighted by Gasteiger charge is 2.47. The molecule has 7 aliphatic carbocycles. The molecule has 0 saturated heterocycles. The Balaban J connectivity index is 1.10. The average molecular weight is 868 g/mol. The Labute approximate surface area is 388 Å². The van der Waals surface area contributed by atoms with Gasteiger partial charge in [-0.2, -0.15) is 5.26 Å². The lowest BCUT2D eigenvalue weighted by Gasteiger charge is -2.42. The fraction of sp³-hybridized carbons (Fsp3) is 0.349. The Kier molecular flexibility index (Phi) is 6.31. The van der Waals surface area contributed by atoms with Gasteiger partial charge in [-0.3, -0.25) is 0 Å². The highest BCUT2D eigenvalue weighted by molar-refractivity contribution is 6.38. The molecule has 3 saturated carbocycles. The van der Waals surface area contributed by atoms with Crippen LogP contribution in [0.15, 0.2) is 89.3 Å². The monoisotopic (exact) mass is 867 g/mol. The summed E-state index contributed by atoms with van der Waals surface area (Å²) in [6, 6.07) is 36.3. The van der Waals surface area contributed by atoms with Crippen molar-refractivity contribution in [3.8, 4) is 6.07 Å². The Bertz CT molecular complexity index is 4330. The van der Waals surface area contributed by atoms with Crippen LogP contribution in [0.25, 0.3) is 109 Å². The molecule has 0 aliphatic heterocycles. The first-order chi connectivity index (χ1) is 32.5. The molecule has 12 aromatic rings. The summed E-state index contributed by atoms with van der Waals surface area (Å²) in [5.74, 6) is 2.52. The maximum absolute atomic E-state index is 11.2. The minimum atomic E-state index is 0.0223. The molecule has 5 aromatic heterocycles. The van der Waals surface area contributed by atoms with E-state index in [1.54, 1.807) is 11.1 Å². The highest BCUT2D eigenvalue weighted by Crippen LogP contribution is 2.61. The number of fused-ring (bicyclic) bond motifs is 21. The summed E-state index contributed by atoms with van der Waals surface area (Å²) in [4.78, 5) is 0. The van der Waals surface area contributed by atoms with Crippen LogP contribution in [-0.4, -0.2) is 8.80 Å². The molecule has 0 N–H and O–H groups in total. The molecular weight excluding hydrogens is 815 g/mol. The second kappa shape index (κ2) is 11.5. The third-order valence-electron chi connectivity index (χ3n) is 19.8. The van der Waals surface area contributed by atoms with E-state index in [0.717, 1.165) is 28.6 Å². The van der Waals surface area contributed by atoms with Gasteiger partial charge in [-0.25, -0.2) is 0 Å². The van der Waals surface area contributed by atoms with E-state index in [2.05, 4.69) is 134 Å². The van der Waals surface area contributed by atoms with Gasteiger partial charge in [-0.05, 0) is 179 Å². The van der Waals surface area contributed by atoms with Gasteiger partial charge in [-0.1, -0.05) is 83.5 Å². The van der Waals surface area contributed by atoms with Gasteiger partial charge in [0.05, 0.1) is 44.7 Å². The number of aromatic nitrogens is 2. The minimum absolute atomic E-state index is 0.0223. The van der Waals surface area contributed by atoms with Gasteiger partial charge in [0.2, 0.25) is 0 Å². The number of para-hydroxylation sites is 1. The third kappa shape index (κ3) is 4.19. The first-order valence-corrected chi connectivity index (χ1v) is 25.7. The van der Waals surface area contributed by atoms with Gasteiger partial charge in [-0.15, -0.1) is 0 Å². The lowest BCUT2D eigenvalue weighted by Crippen LogP contribution is -2.33. The van der Waals surface area contributed by atoms with Crippen molar-refractivity contribution in [2.75, 3.05) is 0 Å². The first-order valence-electron chi connectivity index (χ1n) is 25.7. The number of rotatable bonds is 0. The predicted octanol–water partition coefficient (Wildman–Crippen LogP) is 17.1. The number of benzene rings is 7. The Hall–Kier alpha value is -6.31. The number of hydrogen-bond acceptors (Lipinski definition) is 2.